The summed E-state index contributed by atoms with van der Waals surface area (Å²) in [6.45, 7) is 7.69. The first-order valence-electron chi connectivity index (χ1n) is 6.48. The molecule has 0 aromatic heterocycles. The van der Waals surface area contributed by atoms with Gasteiger partial charge < -0.3 is 9.84 Å². The third-order valence-electron chi connectivity index (χ3n) is 2.98. The standard InChI is InChI=1S/C13H28O2/c1-4-6-7-8-9-10-15-11-13(14)12(3)5-2/h12-14H,4-11H2,1-3H3. The maximum absolute atomic E-state index is 9.63. The van der Waals surface area contributed by atoms with Gasteiger partial charge in [-0.3, -0.25) is 0 Å². The Morgan fingerprint density at radius 1 is 1.07 bits per heavy atom. The fourth-order valence-corrected chi connectivity index (χ4v) is 1.45. The van der Waals surface area contributed by atoms with Crippen molar-refractivity contribution < 1.29 is 9.84 Å². The molecule has 0 aliphatic rings. The molecule has 0 saturated carbocycles. The van der Waals surface area contributed by atoms with Crippen molar-refractivity contribution in [3.05, 3.63) is 0 Å². The van der Waals surface area contributed by atoms with Gasteiger partial charge in [0.2, 0.25) is 0 Å². The molecular formula is C13H28O2. The monoisotopic (exact) mass is 216 g/mol. The van der Waals surface area contributed by atoms with E-state index in [1.54, 1.807) is 0 Å². The van der Waals surface area contributed by atoms with Crippen LogP contribution in [0.1, 0.15) is 59.3 Å². The van der Waals surface area contributed by atoms with E-state index in [4.69, 9.17) is 4.74 Å². The number of hydrogen-bond donors (Lipinski definition) is 1. The Labute approximate surface area is 95.0 Å². The summed E-state index contributed by atoms with van der Waals surface area (Å²) < 4.78 is 5.45. The molecule has 0 heterocycles. The van der Waals surface area contributed by atoms with Crippen LogP contribution in [0.4, 0.5) is 0 Å². The Balaban J connectivity index is 3.16. The van der Waals surface area contributed by atoms with Gasteiger partial charge in [0.25, 0.3) is 0 Å². The molecule has 0 aliphatic heterocycles. The highest BCUT2D eigenvalue weighted by molar-refractivity contribution is 4.61. The largest absolute Gasteiger partial charge is 0.390 e. The highest BCUT2D eigenvalue weighted by Gasteiger charge is 2.11. The van der Waals surface area contributed by atoms with Gasteiger partial charge in [-0.05, 0) is 12.3 Å². The topological polar surface area (TPSA) is 29.5 Å². The van der Waals surface area contributed by atoms with Crippen molar-refractivity contribution in [2.75, 3.05) is 13.2 Å². The number of aliphatic hydroxyl groups is 1. The van der Waals surface area contributed by atoms with E-state index in [1.165, 1.54) is 25.7 Å². The molecule has 2 nitrogen and oxygen atoms in total. The van der Waals surface area contributed by atoms with Gasteiger partial charge in [-0.15, -0.1) is 0 Å². The van der Waals surface area contributed by atoms with Crippen LogP contribution < -0.4 is 0 Å². The molecule has 0 radical (unpaired) electrons. The summed E-state index contributed by atoms with van der Waals surface area (Å²) in [4.78, 5) is 0. The Hall–Kier alpha value is -0.0800. The van der Waals surface area contributed by atoms with Crippen LogP contribution in [-0.4, -0.2) is 24.4 Å². The molecule has 2 unspecified atom stereocenters. The van der Waals surface area contributed by atoms with Crippen molar-refractivity contribution in [3.8, 4) is 0 Å². The van der Waals surface area contributed by atoms with Gasteiger partial charge in [0.05, 0.1) is 12.7 Å². The third kappa shape index (κ3) is 8.88. The summed E-state index contributed by atoms with van der Waals surface area (Å²) in [6, 6.07) is 0. The molecule has 2 heteroatoms. The minimum absolute atomic E-state index is 0.286. The van der Waals surface area contributed by atoms with Gasteiger partial charge >= 0.3 is 0 Å². The van der Waals surface area contributed by atoms with Crippen LogP contribution in [0, 0.1) is 5.92 Å². The first-order chi connectivity index (χ1) is 7.22. The molecule has 92 valence electrons. The maximum Gasteiger partial charge on any atom is 0.0799 e. The first kappa shape index (κ1) is 14.9. The summed E-state index contributed by atoms with van der Waals surface area (Å²) in [5, 5.41) is 9.63. The van der Waals surface area contributed by atoms with Crippen molar-refractivity contribution >= 4 is 0 Å². The molecule has 1 N–H and O–H groups in total. The molecule has 15 heavy (non-hydrogen) atoms. The molecule has 2 atom stereocenters. The fourth-order valence-electron chi connectivity index (χ4n) is 1.45. The molecular weight excluding hydrogens is 188 g/mol. The third-order valence-corrected chi connectivity index (χ3v) is 2.98. The van der Waals surface area contributed by atoms with E-state index in [0.717, 1.165) is 19.4 Å². The van der Waals surface area contributed by atoms with E-state index in [2.05, 4.69) is 20.8 Å². The van der Waals surface area contributed by atoms with E-state index >= 15 is 0 Å². The zero-order chi connectivity index (χ0) is 11.5. The van der Waals surface area contributed by atoms with Crippen LogP contribution in [-0.2, 0) is 4.74 Å². The van der Waals surface area contributed by atoms with Crippen LogP contribution in [0.2, 0.25) is 0 Å². The predicted octanol–water partition coefficient (Wildman–Crippen LogP) is 3.38. The van der Waals surface area contributed by atoms with Crippen LogP contribution in [0.3, 0.4) is 0 Å². The minimum atomic E-state index is -0.286. The van der Waals surface area contributed by atoms with Crippen LogP contribution in [0.25, 0.3) is 0 Å². The highest BCUT2D eigenvalue weighted by atomic mass is 16.5. The van der Waals surface area contributed by atoms with Crippen molar-refractivity contribution in [2.24, 2.45) is 5.92 Å². The highest BCUT2D eigenvalue weighted by Crippen LogP contribution is 2.08. The fraction of sp³-hybridized carbons (Fsp3) is 1.00. The van der Waals surface area contributed by atoms with E-state index in [0.29, 0.717) is 12.5 Å². The Morgan fingerprint density at radius 2 is 1.73 bits per heavy atom. The Bertz CT molecular complexity index is 126. The van der Waals surface area contributed by atoms with Gasteiger partial charge in [-0.2, -0.15) is 0 Å². The summed E-state index contributed by atoms with van der Waals surface area (Å²) in [5.41, 5.74) is 0. The van der Waals surface area contributed by atoms with Gasteiger partial charge in [0, 0.05) is 6.61 Å². The van der Waals surface area contributed by atoms with E-state index < -0.39 is 0 Å². The Kier molecular flexibility index (Phi) is 10.4. The first-order valence-corrected chi connectivity index (χ1v) is 6.48. The summed E-state index contributed by atoms with van der Waals surface area (Å²) in [7, 11) is 0. The van der Waals surface area contributed by atoms with Crippen molar-refractivity contribution in [2.45, 2.75) is 65.4 Å². The lowest BCUT2D eigenvalue weighted by molar-refractivity contribution is 0.00701. The zero-order valence-electron chi connectivity index (χ0n) is 10.7. The summed E-state index contributed by atoms with van der Waals surface area (Å²) >= 11 is 0. The summed E-state index contributed by atoms with van der Waals surface area (Å²) in [5.74, 6) is 0.352. The van der Waals surface area contributed by atoms with Crippen LogP contribution >= 0.6 is 0 Å². The van der Waals surface area contributed by atoms with E-state index in [1.807, 2.05) is 0 Å². The second-order valence-electron chi connectivity index (χ2n) is 4.44. The maximum atomic E-state index is 9.63. The normalized spacial score (nSPS) is 15.2. The van der Waals surface area contributed by atoms with Crippen molar-refractivity contribution in [1.29, 1.82) is 0 Å². The lowest BCUT2D eigenvalue weighted by atomic mass is 10.0. The molecule has 0 saturated heterocycles. The van der Waals surface area contributed by atoms with E-state index in [9.17, 15) is 5.11 Å². The number of hydrogen-bond acceptors (Lipinski definition) is 2. The number of aliphatic hydroxyl groups excluding tert-OH is 1. The average molecular weight is 216 g/mol. The number of unbranched alkanes of at least 4 members (excludes halogenated alkanes) is 4. The number of ether oxygens (including phenoxy) is 1. The van der Waals surface area contributed by atoms with Crippen molar-refractivity contribution in [3.63, 3.8) is 0 Å². The van der Waals surface area contributed by atoms with Gasteiger partial charge in [-0.1, -0.05) is 52.9 Å². The molecule has 0 rings (SSSR count). The SMILES string of the molecule is CCCCCCCOCC(O)C(C)CC. The number of rotatable bonds is 10. The van der Waals surface area contributed by atoms with Gasteiger partial charge in [0.1, 0.15) is 0 Å². The molecule has 0 fully saturated rings. The average Bonchev–Trinajstić information content (AvgIpc) is 2.26. The second kappa shape index (κ2) is 10.4. The quantitative estimate of drug-likeness (QED) is 0.567. The summed E-state index contributed by atoms with van der Waals surface area (Å²) in [6.07, 6.45) is 7.05. The molecule has 0 spiro atoms. The van der Waals surface area contributed by atoms with Crippen molar-refractivity contribution in [1.82, 2.24) is 0 Å². The van der Waals surface area contributed by atoms with Gasteiger partial charge in [0.15, 0.2) is 0 Å². The van der Waals surface area contributed by atoms with Gasteiger partial charge in [-0.25, -0.2) is 0 Å². The minimum Gasteiger partial charge on any atom is -0.390 e. The van der Waals surface area contributed by atoms with E-state index in [-0.39, 0.29) is 6.10 Å². The lowest BCUT2D eigenvalue weighted by Gasteiger charge is -2.16. The smallest absolute Gasteiger partial charge is 0.0799 e. The second-order valence-corrected chi connectivity index (χ2v) is 4.44. The molecule has 0 aromatic rings. The Morgan fingerprint density at radius 3 is 2.33 bits per heavy atom. The molecule has 0 bridgehead atoms. The molecule has 0 aromatic carbocycles. The zero-order valence-corrected chi connectivity index (χ0v) is 10.7. The predicted molar refractivity (Wildman–Crippen MR) is 65.0 cm³/mol. The lowest BCUT2D eigenvalue weighted by Crippen LogP contribution is -2.23. The van der Waals surface area contributed by atoms with Crippen LogP contribution in [0.5, 0.6) is 0 Å². The van der Waals surface area contributed by atoms with Crippen LogP contribution in [0.15, 0.2) is 0 Å². The molecule has 0 aliphatic carbocycles. The molecule has 0 amide bonds.